The smallest absolute Gasteiger partial charge is 0.292 e. The Morgan fingerprint density at radius 1 is 1.35 bits per heavy atom. The Morgan fingerprint density at radius 2 is 2.15 bits per heavy atom. The fraction of sp³-hybridized carbons (Fsp3) is 0.105. The van der Waals surface area contributed by atoms with Gasteiger partial charge >= 0.3 is 0 Å². The van der Waals surface area contributed by atoms with Gasteiger partial charge < -0.3 is 20.8 Å². The third-order valence-electron chi connectivity index (χ3n) is 4.45. The van der Waals surface area contributed by atoms with E-state index >= 15 is 0 Å². The van der Waals surface area contributed by atoms with Gasteiger partial charge in [-0.2, -0.15) is 10.2 Å². The average molecular weight is 345 g/mol. The first-order valence-electron chi connectivity index (χ1n) is 7.93. The summed E-state index contributed by atoms with van der Waals surface area (Å²) in [6, 6.07) is 11.2. The van der Waals surface area contributed by atoms with Crippen LogP contribution in [-0.4, -0.2) is 22.3 Å². The molecule has 0 aliphatic carbocycles. The summed E-state index contributed by atoms with van der Waals surface area (Å²) in [5, 5.41) is 8.95. The third kappa shape index (κ3) is 2.36. The van der Waals surface area contributed by atoms with Crippen LogP contribution in [0.5, 0.6) is 0 Å². The highest BCUT2D eigenvalue weighted by molar-refractivity contribution is 6.05. The molecule has 0 bridgehead atoms. The van der Waals surface area contributed by atoms with Crippen molar-refractivity contribution >= 4 is 28.7 Å². The number of nitriles is 1. The average Bonchev–Trinajstić information content (AvgIpc) is 3.14. The lowest BCUT2D eigenvalue weighted by atomic mass is 9.95. The lowest BCUT2D eigenvalue weighted by molar-refractivity contribution is 0.0794. The molecular weight excluding hydrogens is 330 g/mol. The van der Waals surface area contributed by atoms with Gasteiger partial charge in [-0.3, -0.25) is 4.79 Å². The van der Waals surface area contributed by atoms with Gasteiger partial charge in [0.05, 0.1) is 18.2 Å². The molecule has 0 saturated carbocycles. The van der Waals surface area contributed by atoms with Crippen LogP contribution in [-0.2, 0) is 6.54 Å². The number of nitrogens with zero attached hydrogens (tertiary/aromatic N) is 3. The first-order chi connectivity index (χ1) is 12.5. The first-order valence-corrected chi connectivity index (χ1v) is 7.93. The number of rotatable bonds is 3. The van der Waals surface area contributed by atoms with Gasteiger partial charge in [0, 0.05) is 17.8 Å². The lowest BCUT2D eigenvalue weighted by Gasteiger charge is -2.14. The molecule has 0 fully saturated rings. The van der Waals surface area contributed by atoms with Crippen molar-refractivity contribution in [3.8, 4) is 17.2 Å². The number of benzene rings is 2. The van der Waals surface area contributed by atoms with E-state index < -0.39 is 0 Å². The Kier molecular flexibility index (Phi) is 3.41. The molecule has 1 amide bonds. The number of hydrogen-bond donors (Lipinski definition) is 2. The molecule has 3 aromatic rings. The Labute approximate surface area is 149 Å². The van der Waals surface area contributed by atoms with E-state index in [4.69, 9.17) is 21.1 Å². The molecule has 4 rings (SSSR count). The fourth-order valence-corrected chi connectivity index (χ4v) is 3.28. The van der Waals surface area contributed by atoms with Gasteiger partial charge in [0.1, 0.15) is 5.52 Å². The second-order valence-electron chi connectivity index (χ2n) is 6.17. The number of hydrogen-bond acceptors (Lipinski definition) is 6. The number of fused-ring (bicyclic) bond motifs is 2. The summed E-state index contributed by atoms with van der Waals surface area (Å²) in [4.78, 5) is 18.4. The maximum Gasteiger partial charge on any atom is 0.292 e. The summed E-state index contributed by atoms with van der Waals surface area (Å²) in [7, 11) is 0. The van der Waals surface area contributed by atoms with Gasteiger partial charge in [-0.1, -0.05) is 18.7 Å². The third-order valence-corrected chi connectivity index (χ3v) is 4.45. The molecule has 7 nitrogen and oxygen atoms in total. The lowest BCUT2D eigenvalue weighted by Crippen LogP contribution is -2.26. The number of carbonyl (C=O) groups excluding carboxylic acids is 1. The van der Waals surface area contributed by atoms with E-state index in [9.17, 15) is 4.79 Å². The van der Waals surface area contributed by atoms with E-state index in [0.717, 1.165) is 16.7 Å². The van der Waals surface area contributed by atoms with Crippen molar-refractivity contribution in [1.82, 2.24) is 9.88 Å². The van der Waals surface area contributed by atoms with Crippen molar-refractivity contribution in [3.63, 3.8) is 0 Å². The second-order valence-corrected chi connectivity index (χ2v) is 6.17. The van der Waals surface area contributed by atoms with Crippen molar-refractivity contribution in [2.45, 2.75) is 6.54 Å². The molecule has 1 aromatic heterocycles. The number of carbonyl (C=O) groups is 1. The van der Waals surface area contributed by atoms with Gasteiger partial charge in [0.2, 0.25) is 0 Å². The van der Waals surface area contributed by atoms with Crippen molar-refractivity contribution in [3.05, 3.63) is 53.6 Å². The molecule has 2 heterocycles. The zero-order valence-electron chi connectivity index (χ0n) is 13.8. The van der Waals surface area contributed by atoms with Gasteiger partial charge in [-0.05, 0) is 34.9 Å². The highest BCUT2D eigenvalue weighted by atomic mass is 16.4. The molecule has 128 valence electrons. The van der Waals surface area contributed by atoms with E-state index in [1.165, 1.54) is 0 Å². The topological polar surface area (TPSA) is 122 Å². The number of amides is 1. The quantitative estimate of drug-likeness (QED) is 0.556. The molecule has 7 heteroatoms. The summed E-state index contributed by atoms with van der Waals surface area (Å²) in [6.45, 7) is 4.21. The second kappa shape index (κ2) is 5.63. The van der Waals surface area contributed by atoms with Crippen molar-refractivity contribution in [2.24, 2.45) is 0 Å². The van der Waals surface area contributed by atoms with Crippen LogP contribution in [0.1, 0.15) is 15.9 Å². The SMILES string of the molecule is C=C(C#N)CN1Cc2c(-c3ccc4oc(N)nc4c3)ccc(N)c2C1=O. The van der Waals surface area contributed by atoms with E-state index in [-0.39, 0.29) is 18.5 Å². The summed E-state index contributed by atoms with van der Waals surface area (Å²) in [5.74, 6) is -0.192. The number of oxazole rings is 1. The Morgan fingerprint density at radius 3 is 2.92 bits per heavy atom. The molecule has 0 spiro atoms. The number of anilines is 2. The normalized spacial score (nSPS) is 13.0. The molecule has 4 N–H and O–H groups in total. The van der Waals surface area contributed by atoms with Crippen molar-refractivity contribution < 1.29 is 9.21 Å². The molecule has 0 radical (unpaired) electrons. The van der Waals surface area contributed by atoms with Crippen LogP contribution >= 0.6 is 0 Å². The standard InChI is InChI=1S/C19H15N5O2/c1-10(7-20)8-24-9-13-12(3-4-14(21)17(13)18(24)25)11-2-5-16-15(6-11)23-19(22)26-16/h2-6H,1,8-9,21H2,(H2,22,23). The summed E-state index contributed by atoms with van der Waals surface area (Å²) in [5.41, 5.74) is 16.7. The maximum absolute atomic E-state index is 12.7. The van der Waals surface area contributed by atoms with E-state index in [1.54, 1.807) is 17.0 Å². The Hall–Kier alpha value is -3.79. The van der Waals surface area contributed by atoms with E-state index in [0.29, 0.717) is 34.5 Å². The maximum atomic E-state index is 12.7. The van der Waals surface area contributed by atoms with Crippen molar-refractivity contribution in [1.29, 1.82) is 5.26 Å². The predicted octanol–water partition coefficient (Wildman–Crippen LogP) is 2.69. The first kappa shape index (κ1) is 15.7. The highest BCUT2D eigenvalue weighted by Gasteiger charge is 2.32. The monoisotopic (exact) mass is 345 g/mol. The molecular formula is C19H15N5O2. The van der Waals surface area contributed by atoms with Crippen LogP contribution in [0.15, 0.2) is 46.9 Å². The minimum absolute atomic E-state index is 0.107. The summed E-state index contributed by atoms with van der Waals surface area (Å²) >= 11 is 0. The summed E-state index contributed by atoms with van der Waals surface area (Å²) in [6.07, 6.45) is 0. The molecule has 1 aliphatic heterocycles. The van der Waals surface area contributed by atoms with Crippen LogP contribution in [0.25, 0.3) is 22.2 Å². The zero-order chi connectivity index (χ0) is 18.4. The van der Waals surface area contributed by atoms with Crippen LogP contribution in [0.4, 0.5) is 11.7 Å². The van der Waals surface area contributed by atoms with Crippen molar-refractivity contribution in [2.75, 3.05) is 18.0 Å². The van der Waals surface area contributed by atoms with Gasteiger partial charge in [0.15, 0.2) is 5.58 Å². The van der Waals surface area contributed by atoms with E-state index in [1.807, 2.05) is 24.3 Å². The zero-order valence-corrected chi connectivity index (χ0v) is 13.8. The Balaban J connectivity index is 1.81. The van der Waals surface area contributed by atoms with Crippen LogP contribution in [0, 0.1) is 11.3 Å². The molecule has 1 aliphatic rings. The van der Waals surface area contributed by atoms with Crippen LogP contribution in [0.2, 0.25) is 0 Å². The number of aromatic nitrogens is 1. The Bertz CT molecular complexity index is 1120. The predicted molar refractivity (Wildman–Crippen MR) is 97.8 cm³/mol. The van der Waals surface area contributed by atoms with Gasteiger partial charge in [-0.25, -0.2) is 0 Å². The van der Waals surface area contributed by atoms with Crippen LogP contribution < -0.4 is 11.5 Å². The molecule has 0 atom stereocenters. The molecule has 2 aromatic carbocycles. The minimum atomic E-state index is -0.192. The minimum Gasteiger partial charge on any atom is -0.424 e. The molecule has 0 saturated heterocycles. The number of nitrogens with two attached hydrogens (primary N) is 2. The highest BCUT2D eigenvalue weighted by Crippen LogP contribution is 2.37. The van der Waals surface area contributed by atoms with E-state index in [2.05, 4.69) is 11.6 Å². The molecule has 26 heavy (non-hydrogen) atoms. The largest absolute Gasteiger partial charge is 0.424 e. The fourth-order valence-electron chi connectivity index (χ4n) is 3.28. The summed E-state index contributed by atoms with van der Waals surface area (Å²) < 4.78 is 5.30. The van der Waals surface area contributed by atoms with Crippen LogP contribution in [0.3, 0.4) is 0 Å². The van der Waals surface area contributed by atoms with Gasteiger partial charge in [0.25, 0.3) is 11.9 Å². The number of nitrogen functional groups attached to an aromatic ring is 2. The molecule has 0 unspecified atom stereocenters. The van der Waals surface area contributed by atoms with Gasteiger partial charge in [-0.15, -0.1) is 0 Å².